The first kappa shape index (κ1) is 19.1. The molecule has 0 aromatic heterocycles. The Morgan fingerprint density at radius 3 is 2.75 bits per heavy atom. The standard InChI is InChI=1S/C21H27N3O4/c1-22-16-11-18(20(26)27-2)24(12-16)13-19(25)23-9-7-21(8-10-23)17-6-4-3-5-15(17)14-28-21/h3-6,18H,7-14H2,1-2H3. The maximum absolute atomic E-state index is 12.9. The lowest BCUT2D eigenvalue weighted by Crippen LogP contribution is -2.49. The van der Waals surface area contributed by atoms with Crippen molar-refractivity contribution in [2.75, 3.05) is 40.3 Å². The van der Waals surface area contributed by atoms with Crippen LogP contribution in [0.1, 0.15) is 30.4 Å². The van der Waals surface area contributed by atoms with Crippen LogP contribution in [0.5, 0.6) is 0 Å². The van der Waals surface area contributed by atoms with Gasteiger partial charge in [-0.3, -0.25) is 19.5 Å². The molecule has 0 bridgehead atoms. The Labute approximate surface area is 165 Å². The molecule has 3 aliphatic rings. The number of aliphatic imine (C=N–C) groups is 1. The molecule has 0 aliphatic carbocycles. The van der Waals surface area contributed by atoms with E-state index in [0.717, 1.165) is 18.6 Å². The van der Waals surface area contributed by atoms with Gasteiger partial charge in [-0.1, -0.05) is 24.3 Å². The van der Waals surface area contributed by atoms with Crippen LogP contribution in [-0.2, 0) is 31.3 Å². The molecule has 1 amide bonds. The second kappa shape index (κ2) is 7.64. The first-order chi connectivity index (χ1) is 13.6. The largest absolute Gasteiger partial charge is 0.468 e. The van der Waals surface area contributed by atoms with Gasteiger partial charge >= 0.3 is 5.97 Å². The number of benzene rings is 1. The topological polar surface area (TPSA) is 71.4 Å². The zero-order chi connectivity index (χ0) is 19.7. The van der Waals surface area contributed by atoms with E-state index in [1.807, 2.05) is 15.9 Å². The molecule has 3 aliphatic heterocycles. The number of carbonyl (C=O) groups is 2. The molecule has 1 atom stereocenters. The third-order valence-corrected chi connectivity index (χ3v) is 6.32. The maximum atomic E-state index is 12.9. The van der Waals surface area contributed by atoms with E-state index < -0.39 is 6.04 Å². The summed E-state index contributed by atoms with van der Waals surface area (Å²) in [6.45, 7) is 2.73. The second-order valence-electron chi connectivity index (χ2n) is 7.76. The van der Waals surface area contributed by atoms with E-state index >= 15 is 0 Å². The number of amides is 1. The van der Waals surface area contributed by atoms with Gasteiger partial charge in [-0.05, 0) is 24.0 Å². The molecule has 1 spiro atoms. The van der Waals surface area contributed by atoms with Crippen molar-refractivity contribution in [1.82, 2.24) is 9.80 Å². The smallest absolute Gasteiger partial charge is 0.323 e. The molecule has 0 radical (unpaired) electrons. The van der Waals surface area contributed by atoms with E-state index in [0.29, 0.717) is 32.7 Å². The van der Waals surface area contributed by atoms with Crippen LogP contribution in [0, 0.1) is 0 Å². The highest BCUT2D eigenvalue weighted by Gasteiger charge is 2.44. The molecular weight excluding hydrogens is 358 g/mol. The van der Waals surface area contributed by atoms with Gasteiger partial charge in [0.1, 0.15) is 6.04 Å². The highest BCUT2D eigenvalue weighted by molar-refractivity contribution is 5.95. The fraction of sp³-hybridized carbons (Fsp3) is 0.571. The van der Waals surface area contributed by atoms with Gasteiger partial charge in [-0.25, -0.2) is 0 Å². The third kappa shape index (κ3) is 3.33. The van der Waals surface area contributed by atoms with Crippen LogP contribution < -0.4 is 0 Å². The number of rotatable bonds is 3. The van der Waals surface area contributed by atoms with Gasteiger partial charge in [0.25, 0.3) is 0 Å². The lowest BCUT2D eigenvalue weighted by Gasteiger charge is -2.39. The predicted octanol–water partition coefficient (Wildman–Crippen LogP) is 1.35. The van der Waals surface area contributed by atoms with Crippen molar-refractivity contribution in [3.05, 3.63) is 35.4 Å². The number of likely N-dealkylation sites (tertiary alicyclic amines) is 2. The molecular formula is C21H27N3O4. The van der Waals surface area contributed by atoms with Crippen LogP contribution in [0.2, 0.25) is 0 Å². The maximum Gasteiger partial charge on any atom is 0.323 e. The van der Waals surface area contributed by atoms with Crippen LogP contribution in [0.25, 0.3) is 0 Å². The van der Waals surface area contributed by atoms with Crippen molar-refractivity contribution in [2.24, 2.45) is 4.99 Å². The van der Waals surface area contributed by atoms with Gasteiger partial charge in [0, 0.05) is 38.8 Å². The highest BCUT2D eigenvalue weighted by atomic mass is 16.5. The SMILES string of the molecule is CN=C1CC(C(=O)OC)N(CC(=O)N2CCC3(CC2)OCc2ccccc23)C1. The average molecular weight is 385 g/mol. The van der Waals surface area contributed by atoms with Crippen molar-refractivity contribution in [2.45, 2.75) is 37.5 Å². The van der Waals surface area contributed by atoms with Crippen molar-refractivity contribution in [3.63, 3.8) is 0 Å². The number of carbonyl (C=O) groups excluding carboxylic acids is 2. The molecule has 2 saturated heterocycles. The Morgan fingerprint density at radius 1 is 1.29 bits per heavy atom. The number of fused-ring (bicyclic) bond motifs is 2. The molecule has 1 unspecified atom stereocenters. The van der Waals surface area contributed by atoms with Crippen molar-refractivity contribution in [1.29, 1.82) is 0 Å². The van der Waals surface area contributed by atoms with E-state index in [-0.39, 0.29) is 24.0 Å². The lowest BCUT2D eigenvalue weighted by molar-refractivity contribution is -0.147. The molecule has 4 rings (SSSR count). The van der Waals surface area contributed by atoms with Gasteiger partial charge in [-0.15, -0.1) is 0 Å². The Balaban J connectivity index is 1.39. The lowest BCUT2D eigenvalue weighted by atomic mass is 9.84. The third-order valence-electron chi connectivity index (χ3n) is 6.32. The van der Waals surface area contributed by atoms with Crippen molar-refractivity contribution < 1.29 is 19.1 Å². The quantitative estimate of drug-likeness (QED) is 0.735. The molecule has 150 valence electrons. The number of nitrogens with zero attached hydrogens (tertiary/aromatic N) is 3. The minimum atomic E-state index is -0.422. The monoisotopic (exact) mass is 385 g/mol. The summed E-state index contributed by atoms with van der Waals surface area (Å²) in [5.41, 5.74) is 3.21. The van der Waals surface area contributed by atoms with Crippen LogP contribution in [0.15, 0.2) is 29.3 Å². The Bertz CT molecular complexity index is 799. The Morgan fingerprint density at radius 2 is 2.04 bits per heavy atom. The average Bonchev–Trinajstić information content (AvgIpc) is 3.30. The first-order valence-corrected chi connectivity index (χ1v) is 9.83. The number of piperidine rings is 1. The van der Waals surface area contributed by atoms with Gasteiger partial charge in [0.05, 0.1) is 25.9 Å². The van der Waals surface area contributed by atoms with Crippen LogP contribution >= 0.6 is 0 Å². The summed E-state index contributed by atoms with van der Waals surface area (Å²) in [4.78, 5) is 33.0. The van der Waals surface area contributed by atoms with Gasteiger partial charge < -0.3 is 14.4 Å². The summed E-state index contributed by atoms with van der Waals surface area (Å²) in [7, 11) is 3.10. The minimum absolute atomic E-state index is 0.0485. The normalized spacial score (nSPS) is 25.3. The van der Waals surface area contributed by atoms with Gasteiger partial charge in [0.15, 0.2) is 0 Å². The molecule has 7 heteroatoms. The minimum Gasteiger partial charge on any atom is -0.468 e. The van der Waals surface area contributed by atoms with E-state index in [2.05, 4.69) is 23.2 Å². The fourth-order valence-corrected chi connectivity index (χ4v) is 4.65. The molecule has 1 aromatic carbocycles. The zero-order valence-corrected chi connectivity index (χ0v) is 16.5. The molecule has 7 nitrogen and oxygen atoms in total. The van der Waals surface area contributed by atoms with Crippen LogP contribution in [0.3, 0.4) is 0 Å². The molecule has 0 saturated carbocycles. The van der Waals surface area contributed by atoms with E-state index in [1.54, 1.807) is 7.05 Å². The van der Waals surface area contributed by atoms with Gasteiger partial charge in [0.2, 0.25) is 5.91 Å². The summed E-state index contributed by atoms with van der Waals surface area (Å²) in [6.07, 6.45) is 2.14. The highest BCUT2D eigenvalue weighted by Crippen LogP contribution is 2.43. The van der Waals surface area contributed by atoms with E-state index in [9.17, 15) is 9.59 Å². The van der Waals surface area contributed by atoms with Crippen LogP contribution in [0.4, 0.5) is 0 Å². The summed E-state index contributed by atoms with van der Waals surface area (Å²) >= 11 is 0. The van der Waals surface area contributed by atoms with Crippen LogP contribution in [-0.4, -0.2) is 73.8 Å². The number of hydrogen-bond acceptors (Lipinski definition) is 6. The molecule has 3 heterocycles. The molecule has 28 heavy (non-hydrogen) atoms. The van der Waals surface area contributed by atoms with Crippen molar-refractivity contribution in [3.8, 4) is 0 Å². The summed E-state index contributed by atoms with van der Waals surface area (Å²) in [5, 5.41) is 0. The summed E-state index contributed by atoms with van der Waals surface area (Å²) in [6, 6.07) is 7.95. The van der Waals surface area contributed by atoms with E-state index in [1.165, 1.54) is 18.2 Å². The number of methoxy groups -OCH3 is 1. The summed E-state index contributed by atoms with van der Waals surface area (Å²) in [5.74, 6) is -0.257. The predicted molar refractivity (Wildman–Crippen MR) is 104 cm³/mol. The summed E-state index contributed by atoms with van der Waals surface area (Å²) < 4.78 is 11.1. The Hall–Kier alpha value is -2.25. The van der Waals surface area contributed by atoms with Crippen molar-refractivity contribution >= 4 is 17.6 Å². The molecule has 1 aromatic rings. The fourth-order valence-electron chi connectivity index (χ4n) is 4.65. The van der Waals surface area contributed by atoms with Gasteiger partial charge in [-0.2, -0.15) is 0 Å². The number of hydrogen-bond donors (Lipinski definition) is 0. The number of esters is 1. The van der Waals surface area contributed by atoms with E-state index in [4.69, 9.17) is 9.47 Å². The molecule has 0 N–H and O–H groups in total. The Kier molecular flexibility index (Phi) is 5.21. The number of ether oxygens (including phenoxy) is 2. The first-order valence-electron chi connectivity index (χ1n) is 9.83. The zero-order valence-electron chi connectivity index (χ0n) is 16.5. The second-order valence-corrected chi connectivity index (χ2v) is 7.76. The molecule has 2 fully saturated rings.